The Bertz CT molecular complexity index is 957. The Kier molecular flexibility index (Phi) is 5.86. The van der Waals surface area contributed by atoms with Crippen LogP contribution in [0.4, 0.5) is 5.69 Å². The number of piperidine rings is 1. The number of amides is 1. The van der Waals surface area contributed by atoms with Gasteiger partial charge in [-0.15, -0.1) is 0 Å². The average molecular weight is 392 g/mol. The molecule has 1 fully saturated rings. The first-order valence-corrected chi connectivity index (χ1v) is 9.77. The Hall–Kier alpha value is -3.19. The summed E-state index contributed by atoms with van der Waals surface area (Å²) in [6.07, 6.45) is 1.81. The zero-order valence-corrected chi connectivity index (χ0v) is 16.4. The molecule has 1 saturated heterocycles. The van der Waals surface area contributed by atoms with Crippen molar-refractivity contribution in [1.29, 1.82) is 0 Å². The number of carbonyl (C=O) groups is 1. The molecular weight excluding hydrogens is 368 g/mol. The number of benzene rings is 2. The number of anilines is 1. The van der Waals surface area contributed by atoms with E-state index in [4.69, 9.17) is 9.26 Å². The van der Waals surface area contributed by atoms with Crippen molar-refractivity contribution in [2.75, 3.05) is 25.5 Å². The van der Waals surface area contributed by atoms with Gasteiger partial charge in [-0.1, -0.05) is 47.6 Å². The van der Waals surface area contributed by atoms with E-state index in [9.17, 15) is 4.79 Å². The van der Waals surface area contributed by atoms with Gasteiger partial charge in [0.1, 0.15) is 5.75 Å². The summed E-state index contributed by atoms with van der Waals surface area (Å²) < 4.78 is 10.7. The molecule has 0 saturated carbocycles. The van der Waals surface area contributed by atoms with Crippen LogP contribution >= 0.6 is 0 Å². The number of hydrogen-bond donors (Lipinski definition) is 1. The molecule has 3 aromatic rings. The highest BCUT2D eigenvalue weighted by atomic mass is 16.5. The van der Waals surface area contributed by atoms with Gasteiger partial charge in [0, 0.05) is 12.1 Å². The summed E-state index contributed by atoms with van der Waals surface area (Å²) in [6.45, 7) is 2.10. The zero-order valence-electron chi connectivity index (χ0n) is 16.4. The van der Waals surface area contributed by atoms with Gasteiger partial charge < -0.3 is 14.6 Å². The van der Waals surface area contributed by atoms with Crippen molar-refractivity contribution in [3.63, 3.8) is 0 Å². The molecule has 4 rings (SSSR count). The number of carbonyl (C=O) groups excluding carboxylic acids is 1. The number of hydrogen-bond acceptors (Lipinski definition) is 6. The van der Waals surface area contributed by atoms with Gasteiger partial charge in [-0.05, 0) is 31.5 Å². The summed E-state index contributed by atoms with van der Waals surface area (Å²) in [6, 6.07) is 17.2. The first-order valence-electron chi connectivity index (χ1n) is 9.77. The fourth-order valence-corrected chi connectivity index (χ4v) is 3.61. The smallest absolute Gasteiger partial charge is 0.241 e. The van der Waals surface area contributed by atoms with E-state index in [1.54, 1.807) is 7.11 Å². The molecule has 0 radical (unpaired) electrons. The van der Waals surface area contributed by atoms with Gasteiger partial charge in [0.25, 0.3) is 0 Å². The Morgan fingerprint density at radius 3 is 2.83 bits per heavy atom. The van der Waals surface area contributed by atoms with Crippen molar-refractivity contribution in [3.05, 3.63) is 60.5 Å². The van der Waals surface area contributed by atoms with Crippen LogP contribution < -0.4 is 10.1 Å². The van der Waals surface area contributed by atoms with Gasteiger partial charge in [-0.3, -0.25) is 9.69 Å². The molecule has 29 heavy (non-hydrogen) atoms. The van der Waals surface area contributed by atoms with Crippen LogP contribution in [0.25, 0.3) is 11.4 Å². The molecule has 1 aromatic heterocycles. The van der Waals surface area contributed by atoms with Gasteiger partial charge in [0.05, 0.1) is 25.3 Å². The van der Waals surface area contributed by atoms with E-state index in [0.29, 0.717) is 36.2 Å². The van der Waals surface area contributed by atoms with Crippen LogP contribution in [0.1, 0.15) is 18.7 Å². The molecule has 0 bridgehead atoms. The minimum Gasteiger partial charge on any atom is -0.495 e. The van der Waals surface area contributed by atoms with Gasteiger partial charge in [-0.2, -0.15) is 4.98 Å². The van der Waals surface area contributed by atoms with E-state index in [1.165, 1.54) is 0 Å². The normalized spacial score (nSPS) is 17.1. The highest BCUT2D eigenvalue weighted by Crippen LogP contribution is 2.26. The number of nitrogens with zero attached hydrogens (tertiary/aromatic N) is 3. The van der Waals surface area contributed by atoms with Crippen LogP contribution in [0, 0.1) is 5.92 Å². The number of ether oxygens (including phenoxy) is 1. The third kappa shape index (κ3) is 4.63. The van der Waals surface area contributed by atoms with Crippen molar-refractivity contribution in [1.82, 2.24) is 15.0 Å². The lowest BCUT2D eigenvalue weighted by molar-refractivity contribution is -0.121. The molecule has 150 valence electrons. The zero-order chi connectivity index (χ0) is 20.1. The number of rotatable bonds is 6. The van der Waals surface area contributed by atoms with Crippen LogP contribution in [-0.4, -0.2) is 41.1 Å². The fourth-order valence-electron chi connectivity index (χ4n) is 3.61. The summed E-state index contributed by atoms with van der Waals surface area (Å²) >= 11 is 0. The maximum atomic E-state index is 12.8. The molecule has 1 N–H and O–H groups in total. The standard InChI is InChI=1S/C22H24N4O3/c1-28-19-12-6-5-11-18(19)23-22(27)17-10-7-13-26(14-17)15-20-24-21(25-29-20)16-8-3-2-4-9-16/h2-6,8-9,11-12,17H,7,10,13-15H2,1H3,(H,23,27). The Balaban J connectivity index is 1.37. The summed E-state index contributed by atoms with van der Waals surface area (Å²) in [7, 11) is 1.60. The first kappa shape index (κ1) is 19.1. The second-order valence-corrected chi connectivity index (χ2v) is 7.14. The minimum absolute atomic E-state index is 0.00898. The van der Waals surface area contributed by atoms with Crippen LogP contribution in [-0.2, 0) is 11.3 Å². The van der Waals surface area contributed by atoms with Crippen molar-refractivity contribution < 1.29 is 14.1 Å². The lowest BCUT2D eigenvalue weighted by Crippen LogP contribution is -2.40. The highest BCUT2D eigenvalue weighted by Gasteiger charge is 2.27. The van der Waals surface area contributed by atoms with Crippen molar-refractivity contribution in [2.24, 2.45) is 5.92 Å². The van der Waals surface area contributed by atoms with Gasteiger partial charge in [-0.25, -0.2) is 0 Å². The van der Waals surface area contributed by atoms with E-state index < -0.39 is 0 Å². The van der Waals surface area contributed by atoms with Gasteiger partial charge >= 0.3 is 0 Å². The van der Waals surface area contributed by atoms with Crippen LogP contribution in [0.2, 0.25) is 0 Å². The van der Waals surface area contributed by atoms with Gasteiger partial charge in [0.15, 0.2) is 0 Å². The minimum atomic E-state index is -0.0924. The molecule has 7 nitrogen and oxygen atoms in total. The van der Waals surface area contributed by atoms with Crippen LogP contribution in [0.5, 0.6) is 5.75 Å². The van der Waals surface area contributed by atoms with Crippen molar-refractivity contribution >= 4 is 11.6 Å². The molecule has 0 aliphatic carbocycles. The van der Waals surface area contributed by atoms with E-state index in [2.05, 4.69) is 20.4 Å². The van der Waals surface area contributed by atoms with E-state index in [0.717, 1.165) is 24.9 Å². The molecular formula is C22H24N4O3. The fraction of sp³-hybridized carbons (Fsp3) is 0.318. The second kappa shape index (κ2) is 8.87. The monoisotopic (exact) mass is 392 g/mol. The Morgan fingerprint density at radius 2 is 2.00 bits per heavy atom. The number of para-hydroxylation sites is 2. The third-order valence-electron chi connectivity index (χ3n) is 5.10. The molecule has 1 atom stereocenters. The lowest BCUT2D eigenvalue weighted by atomic mass is 9.97. The van der Waals surface area contributed by atoms with Crippen LogP contribution in [0.3, 0.4) is 0 Å². The third-order valence-corrected chi connectivity index (χ3v) is 5.10. The van der Waals surface area contributed by atoms with E-state index in [1.807, 2.05) is 54.6 Å². The Morgan fingerprint density at radius 1 is 1.21 bits per heavy atom. The predicted molar refractivity (Wildman–Crippen MR) is 109 cm³/mol. The Labute approximate surface area is 169 Å². The number of methoxy groups -OCH3 is 1. The number of nitrogens with one attached hydrogen (secondary N) is 1. The molecule has 2 heterocycles. The van der Waals surface area contributed by atoms with Crippen LogP contribution in [0.15, 0.2) is 59.1 Å². The van der Waals surface area contributed by atoms with Crippen molar-refractivity contribution in [3.8, 4) is 17.1 Å². The average Bonchev–Trinajstić information content (AvgIpc) is 3.23. The SMILES string of the molecule is COc1ccccc1NC(=O)C1CCCN(Cc2nc(-c3ccccc3)no2)C1. The lowest BCUT2D eigenvalue weighted by Gasteiger charge is -2.31. The maximum Gasteiger partial charge on any atom is 0.241 e. The quantitative estimate of drug-likeness (QED) is 0.690. The topological polar surface area (TPSA) is 80.5 Å². The summed E-state index contributed by atoms with van der Waals surface area (Å²) in [5.74, 6) is 1.73. The molecule has 1 amide bonds. The number of likely N-dealkylation sites (tertiary alicyclic amines) is 1. The molecule has 2 aromatic carbocycles. The molecule has 0 spiro atoms. The van der Waals surface area contributed by atoms with Crippen molar-refractivity contribution in [2.45, 2.75) is 19.4 Å². The summed E-state index contributed by atoms with van der Waals surface area (Å²) in [4.78, 5) is 19.5. The first-order chi connectivity index (χ1) is 14.2. The summed E-state index contributed by atoms with van der Waals surface area (Å²) in [5, 5.41) is 7.07. The largest absolute Gasteiger partial charge is 0.495 e. The molecule has 7 heteroatoms. The molecule has 1 aliphatic rings. The van der Waals surface area contributed by atoms with Gasteiger partial charge in [0.2, 0.25) is 17.6 Å². The number of aromatic nitrogens is 2. The molecule has 1 aliphatic heterocycles. The van der Waals surface area contributed by atoms with E-state index in [-0.39, 0.29) is 11.8 Å². The van der Waals surface area contributed by atoms with E-state index >= 15 is 0 Å². The second-order valence-electron chi connectivity index (χ2n) is 7.14. The maximum absolute atomic E-state index is 12.8. The predicted octanol–water partition coefficient (Wildman–Crippen LogP) is 3.60. The highest BCUT2D eigenvalue weighted by molar-refractivity contribution is 5.94. The molecule has 1 unspecified atom stereocenters. The summed E-state index contributed by atoms with van der Waals surface area (Å²) in [5.41, 5.74) is 1.62.